The fourth-order valence-corrected chi connectivity index (χ4v) is 11.7. The van der Waals surface area contributed by atoms with Gasteiger partial charge in [-0.15, -0.1) is 0 Å². The predicted molar refractivity (Wildman–Crippen MR) is 251 cm³/mol. The van der Waals surface area contributed by atoms with Crippen LogP contribution in [0.1, 0.15) is 57.2 Å². The van der Waals surface area contributed by atoms with Crippen molar-refractivity contribution in [1.29, 1.82) is 0 Å². The lowest BCUT2D eigenvalue weighted by atomic mass is 9.43. The molecule has 0 spiro atoms. The Labute approximate surface area is 353 Å². The molecule has 61 heavy (non-hydrogen) atoms. The third-order valence-corrected chi connectivity index (χ3v) is 14.8. The summed E-state index contributed by atoms with van der Waals surface area (Å²) < 4.78 is 23.1. The van der Waals surface area contributed by atoms with Crippen molar-refractivity contribution in [2.24, 2.45) is 0 Å². The highest BCUT2D eigenvalue weighted by molar-refractivity contribution is 6.94. The van der Waals surface area contributed by atoms with E-state index in [0.717, 1.165) is 63.2 Å². The smallest absolute Gasteiger partial charge is 0.333 e. The average Bonchev–Trinajstić information content (AvgIpc) is 3.82. The molecule has 0 amide bonds. The maximum atomic E-state index is 7.12. The summed E-state index contributed by atoms with van der Waals surface area (Å²) in [6, 6.07) is 48.7. The van der Waals surface area contributed by atoms with Gasteiger partial charge in [-0.3, -0.25) is 0 Å². The predicted octanol–water partition coefficient (Wildman–Crippen LogP) is 13.6. The Hall–Kier alpha value is -6.92. The molecule has 14 rings (SSSR count). The maximum Gasteiger partial charge on any atom is 0.333 e. The van der Waals surface area contributed by atoms with E-state index in [1.165, 1.54) is 71.4 Å². The van der Waals surface area contributed by atoms with Gasteiger partial charge in [-0.05, 0) is 106 Å². The van der Waals surface area contributed by atoms with Crippen LogP contribution in [0.5, 0.6) is 23.0 Å². The number of ether oxygens (including phenoxy) is 2. The number of hydrogen-bond acceptors (Lipinski definition) is 4. The van der Waals surface area contributed by atoms with Crippen LogP contribution in [-0.4, -0.2) is 11.4 Å². The molecular weight excluding hydrogens is 747 g/mol. The number of nitrogens with zero attached hydrogens (tertiary/aromatic N) is 2. The fraction of sp³-hybridized carbons (Fsp3) is 0.164. The molecule has 0 bridgehead atoms. The first kappa shape index (κ1) is 33.9. The Morgan fingerprint density at radius 2 is 1.21 bits per heavy atom. The van der Waals surface area contributed by atoms with E-state index >= 15 is 0 Å². The monoisotopic (exact) mass is 788 g/mol. The minimum atomic E-state index is -0.187. The van der Waals surface area contributed by atoms with E-state index in [2.05, 4.69) is 153 Å². The minimum absolute atomic E-state index is 0.0198. The van der Waals surface area contributed by atoms with Gasteiger partial charge < -0.3 is 23.3 Å². The molecule has 0 radical (unpaired) electrons. The molecule has 1 aliphatic carbocycles. The standard InChI is InChI=1S/C55H41BN2O3/c1-30-25-39-40(55(4,5)24-23-54(39,2)3)28-42(30)58-43-29-48-47(59-45-19-10-11-20-46(45)60-48)27-36(43)37-26-38-33-15-8-9-18-44(33)61-53(38)52-49(37)56(58)41-17-12-16-34-35-22-21-31-13-6-7-14-32(31)50(35)57(52)51(34)41/h6-22,25-29H,23-24H2,1-5H3. The first-order valence-corrected chi connectivity index (χ1v) is 21.7. The van der Waals surface area contributed by atoms with Gasteiger partial charge in [-0.2, -0.15) is 0 Å². The number of aromatic nitrogens is 1. The Balaban J connectivity index is 1.18. The molecule has 10 aromatic rings. The van der Waals surface area contributed by atoms with Crippen LogP contribution in [-0.2, 0) is 10.8 Å². The van der Waals surface area contributed by atoms with E-state index in [0.29, 0.717) is 11.5 Å². The molecule has 2 aromatic heterocycles. The number of para-hydroxylation sites is 4. The molecule has 0 saturated heterocycles. The van der Waals surface area contributed by atoms with Crippen LogP contribution in [0.2, 0.25) is 0 Å². The van der Waals surface area contributed by atoms with Gasteiger partial charge in [0.15, 0.2) is 28.6 Å². The number of benzene rings is 8. The van der Waals surface area contributed by atoms with Crippen LogP contribution in [0.4, 0.5) is 11.4 Å². The molecule has 292 valence electrons. The molecule has 0 saturated carbocycles. The largest absolute Gasteiger partial charge is 0.454 e. The summed E-state index contributed by atoms with van der Waals surface area (Å²) in [5, 5.41) is 7.14. The van der Waals surface area contributed by atoms with Crippen molar-refractivity contribution >= 4 is 83.7 Å². The summed E-state index contributed by atoms with van der Waals surface area (Å²) in [7, 11) is 0. The molecule has 0 N–H and O–H groups in total. The van der Waals surface area contributed by atoms with E-state index < -0.39 is 0 Å². The van der Waals surface area contributed by atoms with Gasteiger partial charge in [0.25, 0.3) is 0 Å². The van der Waals surface area contributed by atoms with Gasteiger partial charge in [-0.1, -0.05) is 119 Å². The second kappa shape index (κ2) is 11.3. The summed E-state index contributed by atoms with van der Waals surface area (Å²) in [4.78, 5) is 2.64. The Bertz CT molecular complexity index is 3640. The number of rotatable bonds is 1. The summed E-state index contributed by atoms with van der Waals surface area (Å²) in [5.41, 5.74) is 16.7. The van der Waals surface area contributed by atoms with Crippen molar-refractivity contribution in [3.8, 4) is 39.8 Å². The summed E-state index contributed by atoms with van der Waals surface area (Å²) in [6.45, 7) is 11.8. The van der Waals surface area contributed by atoms with Crippen LogP contribution < -0.4 is 25.2 Å². The Kier molecular flexibility index (Phi) is 6.25. The SMILES string of the molecule is Cc1cc2c(cc1N1B3c4c(cc5c(oc6ccccc65)c4-n4c5c3cccc5c3ccc5ccccc5c34)-c3cc4c(cc31)Oc1ccccc1O4)C(C)(C)CCC2(C)C. The zero-order valence-corrected chi connectivity index (χ0v) is 34.8. The molecule has 4 aliphatic rings. The van der Waals surface area contributed by atoms with Gasteiger partial charge in [0.1, 0.15) is 5.58 Å². The normalized spacial score (nSPS) is 16.3. The highest BCUT2D eigenvalue weighted by Crippen LogP contribution is 2.56. The fourth-order valence-electron chi connectivity index (χ4n) is 11.7. The first-order valence-electron chi connectivity index (χ1n) is 21.7. The third-order valence-electron chi connectivity index (χ3n) is 14.8. The lowest BCUT2D eigenvalue weighted by Gasteiger charge is -2.46. The van der Waals surface area contributed by atoms with Crippen LogP contribution in [0.15, 0.2) is 138 Å². The molecule has 3 aliphatic heterocycles. The van der Waals surface area contributed by atoms with Crippen molar-refractivity contribution < 1.29 is 13.9 Å². The summed E-state index contributed by atoms with van der Waals surface area (Å²) in [5.74, 6) is 2.87. The number of hydrogen-bond donors (Lipinski definition) is 0. The van der Waals surface area contributed by atoms with Crippen LogP contribution in [0.25, 0.3) is 71.3 Å². The van der Waals surface area contributed by atoms with Crippen molar-refractivity contribution in [3.05, 3.63) is 150 Å². The summed E-state index contributed by atoms with van der Waals surface area (Å²) >= 11 is 0. The van der Waals surface area contributed by atoms with Crippen LogP contribution in [0.3, 0.4) is 0 Å². The number of furan rings is 1. The molecule has 0 atom stereocenters. The second-order valence-corrected chi connectivity index (χ2v) is 19.1. The van der Waals surface area contributed by atoms with Gasteiger partial charge in [0.2, 0.25) is 0 Å². The van der Waals surface area contributed by atoms with E-state index in [4.69, 9.17) is 13.9 Å². The molecular formula is C55H41BN2O3. The van der Waals surface area contributed by atoms with Crippen LogP contribution in [0, 0.1) is 6.92 Å². The lowest BCUT2D eigenvalue weighted by Crippen LogP contribution is -2.60. The third kappa shape index (κ3) is 4.27. The number of aryl methyl sites for hydroxylation is 1. The zero-order chi connectivity index (χ0) is 40.7. The lowest BCUT2D eigenvalue weighted by molar-refractivity contribution is 0.332. The maximum absolute atomic E-state index is 7.12. The Morgan fingerprint density at radius 1 is 0.541 bits per heavy atom. The van der Waals surface area contributed by atoms with Crippen LogP contribution >= 0.6 is 0 Å². The van der Waals surface area contributed by atoms with Crippen molar-refractivity contribution in [1.82, 2.24) is 4.57 Å². The minimum Gasteiger partial charge on any atom is -0.454 e. The van der Waals surface area contributed by atoms with Crippen molar-refractivity contribution in [3.63, 3.8) is 0 Å². The van der Waals surface area contributed by atoms with E-state index in [1.807, 2.05) is 24.3 Å². The number of anilines is 2. The van der Waals surface area contributed by atoms with Gasteiger partial charge in [0.05, 0.1) is 16.7 Å². The zero-order valence-electron chi connectivity index (χ0n) is 34.8. The van der Waals surface area contributed by atoms with Crippen molar-refractivity contribution in [2.45, 2.75) is 58.3 Å². The second-order valence-electron chi connectivity index (χ2n) is 19.1. The van der Waals surface area contributed by atoms with Gasteiger partial charge >= 0.3 is 6.85 Å². The molecule has 5 heterocycles. The molecule has 5 nitrogen and oxygen atoms in total. The molecule has 8 aromatic carbocycles. The van der Waals surface area contributed by atoms with Gasteiger partial charge in [0, 0.05) is 49.9 Å². The van der Waals surface area contributed by atoms with Crippen molar-refractivity contribution in [2.75, 3.05) is 4.81 Å². The van der Waals surface area contributed by atoms with E-state index in [9.17, 15) is 0 Å². The quantitative estimate of drug-likeness (QED) is 0.155. The Morgan fingerprint density at radius 3 is 2.02 bits per heavy atom. The molecule has 0 unspecified atom stereocenters. The molecule has 6 heteroatoms. The van der Waals surface area contributed by atoms with Gasteiger partial charge in [-0.25, -0.2) is 0 Å². The highest BCUT2D eigenvalue weighted by atomic mass is 16.6. The van der Waals surface area contributed by atoms with E-state index in [-0.39, 0.29) is 17.7 Å². The average molecular weight is 789 g/mol. The van der Waals surface area contributed by atoms with E-state index in [1.54, 1.807) is 0 Å². The summed E-state index contributed by atoms with van der Waals surface area (Å²) in [6.07, 6.45) is 2.30. The molecule has 0 fully saturated rings. The first-order chi connectivity index (χ1) is 29.6. The highest BCUT2D eigenvalue weighted by Gasteiger charge is 2.47. The number of fused-ring (bicyclic) bond motifs is 16. The topological polar surface area (TPSA) is 39.8 Å².